The van der Waals surface area contributed by atoms with Crippen molar-refractivity contribution in [1.29, 1.82) is 0 Å². The van der Waals surface area contributed by atoms with Crippen molar-refractivity contribution >= 4 is 27.1 Å². The van der Waals surface area contributed by atoms with Gasteiger partial charge in [-0.2, -0.15) is 14.5 Å². The van der Waals surface area contributed by atoms with Crippen molar-refractivity contribution in [3.8, 4) is 11.1 Å². The van der Waals surface area contributed by atoms with Gasteiger partial charge in [-0.25, -0.2) is 12.9 Å². The fraction of sp³-hybridized carbons (Fsp3) is 0.500. The minimum atomic E-state index is -3.30. The van der Waals surface area contributed by atoms with Crippen LogP contribution in [0.4, 0.5) is 5.69 Å². The summed E-state index contributed by atoms with van der Waals surface area (Å²) in [4.78, 5) is 12.2. The number of fused-ring (bicyclic) bond motifs is 1. The summed E-state index contributed by atoms with van der Waals surface area (Å²) in [6.07, 6.45) is 9.17. The number of carbonyl (C=O) groups is 1. The number of hydrogen-bond donors (Lipinski definition) is 2. The van der Waals surface area contributed by atoms with Gasteiger partial charge in [-0.15, -0.1) is 0 Å². The van der Waals surface area contributed by atoms with E-state index < -0.39 is 15.9 Å². The van der Waals surface area contributed by atoms with Gasteiger partial charge in [-0.05, 0) is 17.9 Å². The van der Waals surface area contributed by atoms with E-state index in [1.165, 1.54) is 16.8 Å². The van der Waals surface area contributed by atoms with Gasteiger partial charge in [-0.3, -0.25) is 9.48 Å². The average Bonchev–Trinajstić information content (AvgIpc) is 3.44. The lowest BCUT2D eigenvalue weighted by Crippen LogP contribution is -2.32. The van der Waals surface area contributed by atoms with Crippen LogP contribution >= 0.6 is 0 Å². The Labute approximate surface area is 193 Å². The summed E-state index contributed by atoms with van der Waals surface area (Å²) < 4.78 is 29.3. The Hall–Kier alpha value is -2.92. The first-order chi connectivity index (χ1) is 15.6. The minimum absolute atomic E-state index is 0.109. The van der Waals surface area contributed by atoms with Crippen molar-refractivity contribution in [2.45, 2.75) is 39.8 Å². The molecule has 3 aromatic heterocycles. The first-order valence-corrected chi connectivity index (χ1v) is 13.0. The Balaban J connectivity index is 1.73. The number of aromatic nitrogens is 4. The van der Waals surface area contributed by atoms with E-state index in [1.807, 2.05) is 36.3 Å². The van der Waals surface area contributed by atoms with E-state index in [9.17, 15) is 13.2 Å². The van der Waals surface area contributed by atoms with E-state index in [1.54, 1.807) is 4.52 Å². The van der Waals surface area contributed by atoms with Gasteiger partial charge in [0.15, 0.2) is 0 Å². The number of nitrogens with one attached hydrogen (secondary N) is 1. The van der Waals surface area contributed by atoms with Crippen LogP contribution in [0.3, 0.4) is 0 Å². The lowest BCUT2D eigenvalue weighted by Gasteiger charge is -2.21. The Bertz CT molecular complexity index is 1280. The number of carbonyl (C=O) groups excluding carboxylic acids is 1. The number of nitrogens with two attached hydrogens (primary N) is 1. The van der Waals surface area contributed by atoms with Gasteiger partial charge in [0.1, 0.15) is 0 Å². The minimum Gasteiger partial charge on any atom is -0.378 e. The van der Waals surface area contributed by atoms with E-state index in [4.69, 9.17) is 5.73 Å². The second-order valence-corrected chi connectivity index (χ2v) is 11.2. The smallest absolute Gasteiger partial charge is 0.252 e. The van der Waals surface area contributed by atoms with Crippen LogP contribution in [0.5, 0.6) is 0 Å². The Morgan fingerprint density at radius 2 is 1.97 bits per heavy atom. The first-order valence-electron chi connectivity index (χ1n) is 11.1. The number of rotatable bonds is 8. The van der Waals surface area contributed by atoms with Crippen LogP contribution in [0.15, 0.2) is 30.9 Å². The monoisotopic (exact) mass is 473 g/mol. The molecule has 3 aromatic rings. The number of primary amides is 1. The maximum Gasteiger partial charge on any atom is 0.252 e. The highest BCUT2D eigenvalue weighted by Crippen LogP contribution is 2.32. The molecule has 0 radical (unpaired) electrons. The zero-order valence-electron chi connectivity index (χ0n) is 19.4. The van der Waals surface area contributed by atoms with Gasteiger partial charge in [0.2, 0.25) is 10.0 Å². The second kappa shape index (κ2) is 8.79. The Morgan fingerprint density at radius 1 is 1.21 bits per heavy atom. The normalized spacial score (nSPS) is 19.5. The third-order valence-corrected chi connectivity index (χ3v) is 7.39. The van der Waals surface area contributed by atoms with E-state index in [2.05, 4.69) is 29.4 Å². The second-order valence-electron chi connectivity index (χ2n) is 9.20. The van der Waals surface area contributed by atoms with Gasteiger partial charge >= 0.3 is 0 Å². The third kappa shape index (κ3) is 4.74. The van der Waals surface area contributed by atoms with Crippen molar-refractivity contribution in [1.82, 2.24) is 23.7 Å². The quantitative estimate of drug-likeness (QED) is 0.515. The summed E-state index contributed by atoms with van der Waals surface area (Å²) in [6.45, 7) is 7.91. The Kier molecular flexibility index (Phi) is 6.19. The molecule has 0 bridgehead atoms. The summed E-state index contributed by atoms with van der Waals surface area (Å²) in [5.41, 5.74) is 9.07. The molecule has 0 aliphatic carbocycles. The number of amides is 1. The molecule has 1 saturated heterocycles. The van der Waals surface area contributed by atoms with Crippen LogP contribution in [0.1, 0.15) is 37.6 Å². The molecule has 2 atom stereocenters. The molecule has 4 heterocycles. The molecular weight excluding hydrogens is 442 g/mol. The molecule has 0 unspecified atom stereocenters. The molecule has 0 spiro atoms. The summed E-state index contributed by atoms with van der Waals surface area (Å²) in [6, 6.07) is 1.80. The number of sulfonamides is 1. The first kappa shape index (κ1) is 23.2. The fourth-order valence-electron chi connectivity index (χ4n) is 4.40. The van der Waals surface area contributed by atoms with Crippen LogP contribution in [-0.4, -0.2) is 63.4 Å². The van der Waals surface area contributed by atoms with Crippen LogP contribution in [0, 0.1) is 11.8 Å². The highest BCUT2D eigenvalue weighted by atomic mass is 32.2. The number of anilines is 1. The van der Waals surface area contributed by atoms with E-state index in [0.29, 0.717) is 30.2 Å². The van der Waals surface area contributed by atoms with Crippen molar-refractivity contribution in [2.75, 3.05) is 24.7 Å². The van der Waals surface area contributed by atoms with E-state index >= 15 is 0 Å². The van der Waals surface area contributed by atoms with E-state index in [-0.39, 0.29) is 17.5 Å². The zero-order valence-corrected chi connectivity index (χ0v) is 20.2. The summed E-state index contributed by atoms with van der Waals surface area (Å²) in [5.74, 6) is -0.00532. The third-order valence-electron chi connectivity index (χ3n) is 6.15. The molecule has 0 aromatic carbocycles. The largest absolute Gasteiger partial charge is 0.378 e. The molecular formula is C22H31N7O3S. The van der Waals surface area contributed by atoms with Gasteiger partial charge < -0.3 is 11.1 Å². The predicted octanol–water partition coefficient (Wildman–Crippen LogP) is 2.03. The van der Waals surface area contributed by atoms with Crippen LogP contribution in [-0.2, 0) is 16.6 Å². The van der Waals surface area contributed by atoms with Crippen LogP contribution < -0.4 is 11.1 Å². The molecule has 178 valence electrons. The molecule has 10 nitrogen and oxygen atoms in total. The summed E-state index contributed by atoms with van der Waals surface area (Å²) in [5, 5.41) is 12.3. The predicted molar refractivity (Wildman–Crippen MR) is 127 cm³/mol. The van der Waals surface area contributed by atoms with Gasteiger partial charge in [-0.1, -0.05) is 27.2 Å². The molecule has 1 fully saturated rings. The van der Waals surface area contributed by atoms with Crippen molar-refractivity contribution in [3.63, 3.8) is 0 Å². The van der Waals surface area contributed by atoms with Crippen molar-refractivity contribution < 1.29 is 13.2 Å². The van der Waals surface area contributed by atoms with Crippen LogP contribution in [0.2, 0.25) is 0 Å². The number of hydrogen-bond acceptors (Lipinski definition) is 6. The topological polar surface area (TPSA) is 128 Å². The molecule has 1 aliphatic heterocycles. The molecule has 33 heavy (non-hydrogen) atoms. The van der Waals surface area contributed by atoms with Gasteiger partial charge in [0, 0.05) is 49.2 Å². The zero-order chi connectivity index (χ0) is 23.9. The van der Waals surface area contributed by atoms with Gasteiger partial charge in [0.05, 0.1) is 35.4 Å². The lowest BCUT2D eigenvalue weighted by atomic mass is 10.00. The SMILES string of the molecule is CC[C@@H]1CN(S(C)(=O)=O)C[C@H]1Nc1c(C(N)=O)cnn2cc(-c3cnn(CC(C)C)c3)cc12. The average molecular weight is 474 g/mol. The molecule has 11 heteroatoms. The fourth-order valence-corrected chi connectivity index (χ4v) is 5.30. The highest BCUT2D eigenvalue weighted by molar-refractivity contribution is 7.88. The molecule has 1 amide bonds. The summed E-state index contributed by atoms with van der Waals surface area (Å²) >= 11 is 0. The maximum absolute atomic E-state index is 12.2. The molecule has 0 saturated carbocycles. The van der Waals surface area contributed by atoms with E-state index in [0.717, 1.165) is 24.1 Å². The van der Waals surface area contributed by atoms with Crippen molar-refractivity contribution in [2.24, 2.45) is 17.6 Å². The molecule has 1 aliphatic rings. The number of nitrogens with zero attached hydrogens (tertiary/aromatic N) is 5. The maximum atomic E-state index is 12.2. The standard InChI is InChI=1S/C22H31N7O3S/c1-5-15-11-28(33(4,31)32)13-19(15)26-21-18(22(23)30)8-25-29-12-16(6-20(21)29)17-7-24-27(10-17)9-14(2)3/h6-8,10,12,14-15,19,26H,5,9,11,13H2,1-4H3,(H2,23,30)/t15-,19-/m1/s1. The molecule has 3 N–H and O–H groups in total. The highest BCUT2D eigenvalue weighted by Gasteiger charge is 2.36. The Morgan fingerprint density at radius 3 is 2.61 bits per heavy atom. The molecule has 4 rings (SSSR count). The van der Waals surface area contributed by atoms with Crippen molar-refractivity contribution in [3.05, 3.63) is 36.4 Å². The van der Waals surface area contributed by atoms with Gasteiger partial charge in [0.25, 0.3) is 5.91 Å². The lowest BCUT2D eigenvalue weighted by molar-refractivity contribution is 0.100. The van der Waals surface area contributed by atoms with Crippen LogP contribution in [0.25, 0.3) is 16.6 Å². The summed E-state index contributed by atoms with van der Waals surface area (Å²) in [7, 11) is -3.30.